The zero-order chi connectivity index (χ0) is 13.4. The van der Waals surface area contributed by atoms with E-state index in [0.717, 1.165) is 30.5 Å². The second-order valence-electron chi connectivity index (χ2n) is 4.62. The molecule has 0 saturated carbocycles. The Bertz CT molecular complexity index is 621. The van der Waals surface area contributed by atoms with Crippen LogP contribution in [0.4, 0.5) is 10.2 Å². The predicted molar refractivity (Wildman–Crippen MR) is 71.1 cm³/mol. The molecule has 0 aliphatic heterocycles. The molecule has 0 saturated heterocycles. The summed E-state index contributed by atoms with van der Waals surface area (Å²) in [7, 11) is 0. The van der Waals surface area contributed by atoms with Crippen molar-refractivity contribution in [3.05, 3.63) is 35.3 Å². The van der Waals surface area contributed by atoms with Crippen molar-refractivity contribution < 1.29 is 9.13 Å². The summed E-state index contributed by atoms with van der Waals surface area (Å²) in [6, 6.07) is 4.88. The van der Waals surface area contributed by atoms with Gasteiger partial charge in [0, 0.05) is 17.3 Å². The number of nitrogen functional groups attached to an aromatic ring is 1. The topological polar surface area (TPSA) is 53.1 Å². The summed E-state index contributed by atoms with van der Waals surface area (Å²) in [6.07, 6.45) is 2.98. The summed E-state index contributed by atoms with van der Waals surface area (Å²) in [5, 5.41) is 4.31. The first-order valence-electron chi connectivity index (χ1n) is 6.49. The summed E-state index contributed by atoms with van der Waals surface area (Å²) in [6.45, 7) is 2.27. The van der Waals surface area contributed by atoms with Gasteiger partial charge in [-0.2, -0.15) is 5.10 Å². The van der Waals surface area contributed by atoms with Gasteiger partial charge >= 0.3 is 0 Å². The Labute approximate surface area is 111 Å². The van der Waals surface area contributed by atoms with Gasteiger partial charge in [0.15, 0.2) is 11.6 Å². The molecule has 1 aliphatic rings. The highest BCUT2D eigenvalue weighted by molar-refractivity contribution is 5.50. The van der Waals surface area contributed by atoms with Crippen LogP contribution >= 0.6 is 0 Å². The lowest BCUT2D eigenvalue weighted by Crippen LogP contribution is -2.03. The molecule has 0 unspecified atom stereocenters. The van der Waals surface area contributed by atoms with E-state index in [9.17, 15) is 4.39 Å². The number of halogens is 1. The Hall–Kier alpha value is -2.04. The zero-order valence-electron chi connectivity index (χ0n) is 10.8. The molecule has 2 N–H and O–H groups in total. The van der Waals surface area contributed by atoms with Crippen molar-refractivity contribution in [2.75, 3.05) is 12.3 Å². The molecule has 100 valence electrons. The number of nitrogens with two attached hydrogens (primary N) is 1. The number of hydrogen-bond donors (Lipinski definition) is 1. The van der Waals surface area contributed by atoms with Crippen LogP contribution in [-0.2, 0) is 12.8 Å². The first-order chi connectivity index (χ1) is 9.20. The Kier molecular flexibility index (Phi) is 2.89. The van der Waals surface area contributed by atoms with Gasteiger partial charge in [-0.3, -0.25) is 0 Å². The second-order valence-corrected chi connectivity index (χ2v) is 4.62. The van der Waals surface area contributed by atoms with E-state index < -0.39 is 0 Å². The highest BCUT2D eigenvalue weighted by Crippen LogP contribution is 2.30. The Morgan fingerprint density at radius 3 is 3.00 bits per heavy atom. The van der Waals surface area contributed by atoms with E-state index >= 15 is 0 Å². The Morgan fingerprint density at radius 1 is 1.42 bits per heavy atom. The molecule has 0 fully saturated rings. The molecule has 5 heteroatoms. The lowest BCUT2D eigenvalue weighted by Gasteiger charge is -2.08. The molecule has 1 aliphatic carbocycles. The molecule has 1 aromatic heterocycles. The second kappa shape index (κ2) is 4.57. The molecule has 1 aromatic carbocycles. The summed E-state index contributed by atoms with van der Waals surface area (Å²) < 4.78 is 20.8. The SMILES string of the molecule is CCOc1ccc(-n2nc(N)c3c2CCC3)cc1F. The van der Waals surface area contributed by atoms with Crippen molar-refractivity contribution >= 4 is 5.82 Å². The molecule has 3 rings (SSSR count). The molecular weight excluding hydrogens is 245 g/mol. The number of anilines is 1. The van der Waals surface area contributed by atoms with Crippen LogP contribution in [0.2, 0.25) is 0 Å². The third kappa shape index (κ3) is 1.95. The minimum absolute atomic E-state index is 0.267. The summed E-state index contributed by atoms with van der Waals surface area (Å²) in [4.78, 5) is 0. The largest absolute Gasteiger partial charge is 0.491 e. The van der Waals surface area contributed by atoms with Gasteiger partial charge in [-0.05, 0) is 38.3 Å². The molecule has 1 heterocycles. The van der Waals surface area contributed by atoms with Crippen molar-refractivity contribution in [2.24, 2.45) is 0 Å². The van der Waals surface area contributed by atoms with Crippen LogP contribution in [0.1, 0.15) is 24.6 Å². The summed E-state index contributed by atoms with van der Waals surface area (Å²) >= 11 is 0. The maximum absolute atomic E-state index is 13.9. The minimum Gasteiger partial charge on any atom is -0.491 e. The third-order valence-corrected chi connectivity index (χ3v) is 3.42. The van der Waals surface area contributed by atoms with E-state index in [1.165, 1.54) is 6.07 Å². The average Bonchev–Trinajstić information content (AvgIpc) is 2.97. The van der Waals surface area contributed by atoms with Crippen molar-refractivity contribution in [3.63, 3.8) is 0 Å². The van der Waals surface area contributed by atoms with E-state index in [4.69, 9.17) is 10.5 Å². The van der Waals surface area contributed by atoms with Gasteiger partial charge in [-0.25, -0.2) is 9.07 Å². The molecule has 0 amide bonds. The lowest BCUT2D eigenvalue weighted by atomic mass is 10.2. The number of hydrogen-bond acceptors (Lipinski definition) is 3. The van der Waals surface area contributed by atoms with E-state index in [2.05, 4.69) is 5.10 Å². The van der Waals surface area contributed by atoms with Gasteiger partial charge in [-0.1, -0.05) is 0 Å². The Balaban J connectivity index is 2.03. The van der Waals surface area contributed by atoms with Crippen molar-refractivity contribution in [1.29, 1.82) is 0 Å². The van der Waals surface area contributed by atoms with Crippen LogP contribution in [0.25, 0.3) is 5.69 Å². The molecular formula is C14H16FN3O. The molecule has 0 radical (unpaired) electrons. The van der Waals surface area contributed by atoms with Crippen molar-refractivity contribution in [2.45, 2.75) is 26.2 Å². The minimum atomic E-state index is -0.375. The maximum Gasteiger partial charge on any atom is 0.167 e. The Morgan fingerprint density at radius 2 is 2.26 bits per heavy atom. The first-order valence-corrected chi connectivity index (χ1v) is 6.49. The van der Waals surface area contributed by atoms with Gasteiger partial charge in [0.05, 0.1) is 12.3 Å². The maximum atomic E-state index is 13.9. The number of ether oxygens (including phenoxy) is 1. The van der Waals surface area contributed by atoms with E-state index in [0.29, 0.717) is 18.1 Å². The van der Waals surface area contributed by atoms with Gasteiger partial charge in [-0.15, -0.1) is 0 Å². The molecule has 2 aromatic rings. The molecule has 0 atom stereocenters. The van der Waals surface area contributed by atoms with Gasteiger partial charge in [0.1, 0.15) is 5.82 Å². The predicted octanol–water partition coefficient (Wildman–Crippen LogP) is 2.48. The smallest absolute Gasteiger partial charge is 0.167 e. The van der Waals surface area contributed by atoms with E-state index in [1.807, 2.05) is 6.92 Å². The van der Waals surface area contributed by atoms with Crippen LogP contribution in [-0.4, -0.2) is 16.4 Å². The van der Waals surface area contributed by atoms with Crippen molar-refractivity contribution in [1.82, 2.24) is 9.78 Å². The summed E-state index contributed by atoms with van der Waals surface area (Å²) in [5.41, 5.74) is 8.79. The van der Waals surface area contributed by atoms with Crippen LogP contribution in [0.3, 0.4) is 0 Å². The number of fused-ring (bicyclic) bond motifs is 1. The highest BCUT2D eigenvalue weighted by Gasteiger charge is 2.22. The number of nitrogens with zero attached hydrogens (tertiary/aromatic N) is 2. The average molecular weight is 261 g/mol. The fourth-order valence-corrected chi connectivity index (χ4v) is 2.57. The van der Waals surface area contributed by atoms with Crippen LogP contribution in [0.15, 0.2) is 18.2 Å². The highest BCUT2D eigenvalue weighted by atomic mass is 19.1. The van der Waals surface area contributed by atoms with Crippen LogP contribution in [0, 0.1) is 5.82 Å². The third-order valence-electron chi connectivity index (χ3n) is 3.42. The van der Waals surface area contributed by atoms with Gasteiger partial charge in [0.2, 0.25) is 0 Å². The fourth-order valence-electron chi connectivity index (χ4n) is 2.57. The quantitative estimate of drug-likeness (QED) is 0.923. The number of rotatable bonds is 3. The van der Waals surface area contributed by atoms with Gasteiger partial charge in [0.25, 0.3) is 0 Å². The first kappa shape index (κ1) is 12.0. The zero-order valence-corrected chi connectivity index (χ0v) is 10.8. The van der Waals surface area contributed by atoms with E-state index in [1.54, 1.807) is 16.8 Å². The van der Waals surface area contributed by atoms with Gasteiger partial charge < -0.3 is 10.5 Å². The molecule has 0 bridgehead atoms. The standard InChI is InChI=1S/C14H16FN3O/c1-2-19-13-7-6-9(8-11(13)15)18-12-5-3-4-10(12)14(16)17-18/h6-8H,2-5H2,1H3,(H2,16,17). The monoisotopic (exact) mass is 261 g/mol. The molecule has 4 nitrogen and oxygen atoms in total. The number of aromatic nitrogens is 2. The van der Waals surface area contributed by atoms with Crippen LogP contribution < -0.4 is 10.5 Å². The lowest BCUT2D eigenvalue weighted by molar-refractivity contribution is 0.321. The van der Waals surface area contributed by atoms with E-state index in [-0.39, 0.29) is 11.6 Å². The summed E-state index contributed by atoms with van der Waals surface area (Å²) in [5.74, 6) is 0.449. The fraction of sp³-hybridized carbons (Fsp3) is 0.357. The van der Waals surface area contributed by atoms with Crippen LogP contribution in [0.5, 0.6) is 5.75 Å². The number of benzene rings is 1. The normalized spacial score (nSPS) is 13.6. The van der Waals surface area contributed by atoms with Crippen molar-refractivity contribution in [3.8, 4) is 11.4 Å². The molecule has 19 heavy (non-hydrogen) atoms. The molecule has 0 spiro atoms.